The second-order valence-corrected chi connectivity index (χ2v) is 1.20. The Labute approximate surface area is 49.0 Å². The first kappa shape index (κ1) is 6.89. The molecule has 0 heterocycles. The van der Waals surface area contributed by atoms with Crippen LogP contribution in [0.1, 0.15) is 0 Å². The van der Waals surface area contributed by atoms with E-state index in [2.05, 4.69) is 13.2 Å². The van der Waals surface area contributed by atoms with Gasteiger partial charge in [-0.2, -0.15) is 0 Å². The highest BCUT2D eigenvalue weighted by Gasteiger charge is 1.79. The Morgan fingerprint density at radius 2 is 2.00 bits per heavy atom. The van der Waals surface area contributed by atoms with E-state index in [-0.39, 0.29) is 5.78 Å². The van der Waals surface area contributed by atoms with E-state index in [1.165, 1.54) is 12.2 Å². The molecule has 0 saturated heterocycles. The largest absolute Gasteiger partial charge is 0.290 e. The molecule has 0 aromatic heterocycles. The lowest BCUT2D eigenvalue weighted by Gasteiger charge is -1.73. The topological polar surface area (TPSA) is 17.1 Å². The summed E-state index contributed by atoms with van der Waals surface area (Å²) in [6, 6.07) is 0. The summed E-state index contributed by atoms with van der Waals surface area (Å²) in [7, 11) is 0. The summed E-state index contributed by atoms with van der Waals surface area (Å²) >= 11 is 0. The van der Waals surface area contributed by atoms with Crippen LogP contribution in [0.5, 0.6) is 0 Å². The van der Waals surface area contributed by atoms with Gasteiger partial charge in [-0.15, -0.1) is 0 Å². The van der Waals surface area contributed by atoms with E-state index in [0.717, 1.165) is 0 Å². The monoisotopic (exact) mass is 108 g/mol. The van der Waals surface area contributed by atoms with Crippen molar-refractivity contribution >= 4 is 5.78 Å². The molecule has 0 aromatic carbocycles. The van der Waals surface area contributed by atoms with Crippen LogP contribution in [-0.4, -0.2) is 5.78 Å². The molecule has 0 fully saturated rings. The van der Waals surface area contributed by atoms with E-state index in [1.807, 2.05) is 0 Å². The summed E-state index contributed by atoms with van der Waals surface area (Å²) in [6.07, 6.45) is 5.77. The normalized spacial score (nSPS) is 9.00. The molecule has 0 aliphatic rings. The number of carbonyl (C=O) groups is 1. The van der Waals surface area contributed by atoms with E-state index < -0.39 is 0 Å². The molecule has 0 unspecified atom stereocenters. The van der Waals surface area contributed by atoms with Crippen LogP contribution in [-0.2, 0) is 4.79 Å². The van der Waals surface area contributed by atoms with Gasteiger partial charge in [-0.3, -0.25) is 4.79 Å². The van der Waals surface area contributed by atoms with E-state index >= 15 is 0 Å². The lowest BCUT2D eigenvalue weighted by Crippen LogP contribution is -1.80. The molecule has 0 saturated carbocycles. The maximum atomic E-state index is 10.3. The summed E-state index contributed by atoms with van der Waals surface area (Å²) in [5, 5.41) is 0. The molecule has 0 aromatic rings. The van der Waals surface area contributed by atoms with Crippen LogP contribution in [0.25, 0.3) is 0 Å². The van der Waals surface area contributed by atoms with Gasteiger partial charge in [0.1, 0.15) is 0 Å². The first-order valence-corrected chi connectivity index (χ1v) is 2.26. The van der Waals surface area contributed by atoms with Crippen LogP contribution in [0.2, 0.25) is 0 Å². The molecule has 0 N–H and O–H groups in total. The number of ketones is 1. The molecule has 8 heavy (non-hydrogen) atoms. The Morgan fingerprint density at radius 1 is 1.38 bits per heavy atom. The fourth-order valence-electron chi connectivity index (χ4n) is 0.231. The highest BCUT2D eigenvalue weighted by molar-refractivity contribution is 5.98. The maximum Gasteiger partial charge on any atom is 0.178 e. The molecule has 0 spiro atoms. The molecule has 0 radical (unpaired) electrons. The van der Waals surface area contributed by atoms with E-state index in [1.54, 1.807) is 12.2 Å². The third kappa shape index (κ3) is 3.09. The number of hydrogen-bond acceptors (Lipinski definition) is 1. The van der Waals surface area contributed by atoms with Crippen molar-refractivity contribution in [1.82, 2.24) is 0 Å². The molecule has 0 aliphatic heterocycles. The minimum Gasteiger partial charge on any atom is -0.290 e. The number of allylic oxidation sites excluding steroid dienone is 4. The van der Waals surface area contributed by atoms with Gasteiger partial charge in [0.2, 0.25) is 0 Å². The van der Waals surface area contributed by atoms with E-state index in [4.69, 9.17) is 0 Å². The van der Waals surface area contributed by atoms with Crippen molar-refractivity contribution in [3.8, 4) is 0 Å². The van der Waals surface area contributed by atoms with E-state index in [0.29, 0.717) is 0 Å². The Hall–Kier alpha value is -1.11. The Bertz CT molecular complexity index is 131. The van der Waals surface area contributed by atoms with Crippen molar-refractivity contribution in [2.24, 2.45) is 0 Å². The van der Waals surface area contributed by atoms with Crippen LogP contribution in [0.4, 0.5) is 0 Å². The molecule has 0 amide bonds. The molecule has 0 bridgehead atoms. The fraction of sp³-hybridized carbons (Fsp3) is 0. The van der Waals surface area contributed by atoms with Crippen molar-refractivity contribution in [1.29, 1.82) is 0 Å². The number of carbonyl (C=O) groups excluding carboxylic acids is 1. The van der Waals surface area contributed by atoms with Crippen molar-refractivity contribution in [2.45, 2.75) is 0 Å². The van der Waals surface area contributed by atoms with Crippen LogP contribution in [0.3, 0.4) is 0 Å². The van der Waals surface area contributed by atoms with Crippen LogP contribution < -0.4 is 0 Å². The third-order valence-electron chi connectivity index (χ3n) is 0.598. The summed E-state index contributed by atoms with van der Waals surface area (Å²) in [4.78, 5) is 10.3. The summed E-state index contributed by atoms with van der Waals surface area (Å²) in [6.45, 7) is 6.67. The zero-order chi connectivity index (χ0) is 6.41. The molecule has 42 valence electrons. The minimum atomic E-state index is -0.0927. The Balaban J connectivity index is 3.69. The van der Waals surface area contributed by atoms with Gasteiger partial charge in [0.25, 0.3) is 0 Å². The Morgan fingerprint density at radius 3 is 2.38 bits per heavy atom. The van der Waals surface area contributed by atoms with Crippen LogP contribution in [0.15, 0.2) is 37.5 Å². The molecule has 1 nitrogen and oxygen atoms in total. The number of hydrogen-bond donors (Lipinski definition) is 0. The third-order valence-corrected chi connectivity index (χ3v) is 0.598. The first-order chi connectivity index (χ1) is 3.81. The van der Waals surface area contributed by atoms with E-state index in [9.17, 15) is 4.79 Å². The van der Waals surface area contributed by atoms with Gasteiger partial charge in [0.15, 0.2) is 5.78 Å². The van der Waals surface area contributed by atoms with Crippen molar-refractivity contribution in [3.05, 3.63) is 37.5 Å². The van der Waals surface area contributed by atoms with Gasteiger partial charge < -0.3 is 0 Å². The maximum absolute atomic E-state index is 10.3. The van der Waals surface area contributed by atoms with Crippen molar-refractivity contribution in [3.63, 3.8) is 0 Å². The smallest absolute Gasteiger partial charge is 0.178 e. The SMILES string of the molecule is C=CC=CC(=O)C=C. The summed E-state index contributed by atoms with van der Waals surface area (Å²) in [5.41, 5.74) is 0. The zero-order valence-corrected chi connectivity index (χ0v) is 4.63. The average Bonchev–Trinajstić information content (AvgIpc) is 1.83. The zero-order valence-electron chi connectivity index (χ0n) is 4.63. The van der Waals surface area contributed by atoms with Crippen molar-refractivity contribution in [2.75, 3.05) is 0 Å². The molecule has 0 rings (SSSR count). The standard InChI is InChI=1S/C7H8O/c1-3-5-6-7(8)4-2/h3-6H,1-2H2. The highest BCUT2D eigenvalue weighted by Crippen LogP contribution is 1.76. The highest BCUT2D eigenvalue weighted by atomic mass is 16.1. The second-order valence-electron chi connectivity index (χ2n) is 1.20. The van der Waals surface area contributed by atoms with Crippen LogP contribution in [0, 0.1) is 0 Å². The molecule has 0 atom stereocenters. The number of rotatable bonds is 3. The van der Waals surface area contributed by atoms with Crippen LogP contribution >= 0.6 is 0 Å². The van der Waals surface area contributed by atoms with Crippen molar-refractivity contribution < 1.29 is 4.79 Å². The summed E-state index contributed by atoms with van der Waals surface area (Å²) < 4.78 is 0. The summed E-state index contributed by atoms with van der Waals surface area (Å²) in [5.74, 6) is -0.0927. The second kappa shape index (κ2) is 4.06. The fourth-order valence-corrected chi connectivity index (χ4v) is 0.231. The van der Waals surface area contributed by atoms with Gasteiger partial charge in [-0.25, -0.2) is 0 Å². The first-order valence-electron chi connectivity index (χ1n) is 2.26. The predicted molar refractivity (Wildman–Crippen MR) is 34.5 cm³/mol. The molecule has 1 heteroatoms. The average molecular weight is 108 g/mol. The van der Waals surface area contributed by atoms with Gasteiger partial charge in [0, 0.05) is 0 Å². The van der Waals surface area contributed by atoms with Gasteiger partial charge in [-0.05, 0) is 12.2 Å². The minimum absolute atomic E-state index is 0.0927. The quantitative estimate of drug-likeness (QED) is 0.395. The predicted octanol–water partition coefficient (Wildman–Crippen LogP) is 1.48. The van der Waals surface area contributed by atoms with Gasteiger partial charge in [0.05, 0.1) is 0 Å². The lowest BCUT2D eigenvalue weighted by atomic mass is 10.3. The molecular weight excluding hydrogens is 100 g/mol. The molecular formula is C7H8O. The molecule has 0 aliphatic carbocycles. The Kier molecular flexibility index (Phi) is 3.50. The van der Waals surface area contributed by atoms with Gasteiger partial charge in [-0.1, -0.05) is 25.3 Å². The van der Waals surface area contributed by atoms with Gasteiger partial charge >= 0.3 is 0 Å². The lowest BCUT2D eigenvalue weighted by molar-refractivity contribution is -0.110.